The van der Waals surface area contributed by atoms with Gasteiger partial charge in [-0.05, 0) is 42.0 Å². The number of aromatic amines is 1. The molecule has 7 nitrogen and oxygen atoms in total. The van der Waals surface area contributed by atoms with Gasteiger partial charge in [0, 0.05) is 23.5 Å². The van der Waals surface area contributed by atoms with Gasteiger partial charge in [-0.15, -0.1) is 37.2 Å². The Morgan fingerprint density at radius 1 is 0.788 bits per heavy atom. The fourth-order valence-corrected chi connectivity index (χ4v) is 3.39. The molecule has 0 saturated carbocycles. The maximum absolute atomic E-state index is 9.02. The van der Waals surface area contributed by atoms with Gasteiger partial charge in [-0.1, -0.05) is 18.2 Å². The van der Waals surface area contributed by atoms with Gasteiger partial charge in [0.05, 0.1) is 33.9 Å². The van der Waals surface area contributed by atoms with E-state index in [1.54, 1.807) is 36.8 Å². The summed E-state index contributed by atoms with van der Waals surface area (Å²) in [7, 11) is 0. The molecule has 0 atom stereocenters. The van der Waals surface area contributed by atoms with Crippen LogP contribution in [-0.2, 0) is 0 Å². The molecule has 1 N–H and O–H groups in total. The largest absolute Gasteiger partial charge is 0.284 e. The van der Waals surface area contributed by atoms with E-state index in [0.717, 1.165) is 33.4 Å². The van der Waals surface area contributed by atoms with Crippen molar-refractivity contribution >= 4 is 48.3 Å². The van der Waals surface area contributed by atoms with Crippen molar-refractivity contribution in [2.75, 3.05) is 0 Å². The number of imidazole rings is 1. The molecule has 33 heavy (non-hydrogen) atoms. The number of pyridine rings is 1. The fraction of sp³-hybridized carbons (Fsp3) is 0. The Morgan fingerprint density at radius 3 is 2.15 bits per heavy atom. The van der Waals surface area contributed by atoms with Crippen LogP contribution in [0.4, 0.5) is 0 Å². The molecule has 0 saturated heterocycles. The van der Waals surface area contributed by atoms with E-state index in [0.29, 0.717) is 16.9 Å². The van der Waals surface area contributed by atoms with E-state index < -0.39 is 0 Å². The van der Waals surface area contributed by atoms with Crippen molar-refractivity contribution in [2.45, 2.75) is 0 Å². The smallest absolute Gasteiger partial charge is 0.138 e. The number of nitrogens with zero attached hydrogens (tertiary/aromatic N) is 6. The molecule has 0 amide bonds. The summed E-state index contributed by atoms with van der Waals surface area (Å²) in [4.78, 5) is 8.84. The highest BCUT2D eigenvalue weighted by molar-refractivity contribution is 5.88. The minimum absolute atomic E-state index is 0. The van der Waals surface area contributed by atoms with Crippen LogP contribution in [0.3, 0.4) is 0 Å². The van der Waals surface area contributed by atoms with Gasteiger partial charge in [0.25, 0.3) is 0 Å². The third kappa shape index (κ3) is 4.67. The zero-order valence-electron chi connectivity index (χ0n) is 16.8. The lowest BCUT2D eigenvalue weighted by molar-refractivity contribution is 1.02. The van der Waals surface area contributed by atoms with Gasteiger partial charge in [0.2, 0.25) is 0 Å². The number of nitrogens with one attached hydrogen (secondary N) is 1. The Morgan fingerprint density at radius 2 is 1.48 bits per heavy atom. The number of halogens is 3. The summed E-state index contributed by atoms with van der Waals surface area (Å²) >= 11 is 0. The van der Waals surface area contributed by atoms with Gasteiger partial charge in [0.15, 0.2) is 0 Å². The first-order valence-electron chi connectivity index (χ1n) is 9.15. The Bertz CT molecular complexity index is 1460. The fourth-order valence-electron chi connectivity index (χ4n) is 3.39. The minimum Gasteiger partial charge on any atom is -0.284 e. The average Bonchev–Trinajstić information content (AvgIpc) is 3.46. The highest BCUT2D eigenvalue weighted by Crippen LogP contribution is 2.32. The SMILES string of the molecule is Cl.Cl.Cl.N#Cc1ccc(-c2n[nH]cc2-c2ccc3ncn(-c4ccc(C#N)cn4)c3c2)cc1. The first-order chi connectivity index (χ1) is 14.8. The van der Waals surface area contributed by atoms with Gasteiger partial charge in [0.1, 0.15) is 18.2 Å². The molecule has 10 heteroatoms. The number of nitriles is 2. The summed E-state index contributed by atoms with van der Waals surface area (Å²) in [6.07, 6.45) is 5.12. The predicted octanol–water partition coefficient (Wildman–Crippen LogP) is 5.49. The average molecular weight is 497 g/mol. The first-order valence-corrected chi connectivity index (χ1v) is 9.15. The molecular weight excluding hydrogens is 481 g/mol. The van der Waals surface area contributed by atoms with Crippen molar-refractivity contribution < 1.29 is 0 Å². The summed E-state index contributed by atoms with van der Waals surface area (Å²) in [5, 5.41) is 25.4. The van der Waals surface area contributed by atoms with Crippen LogP contribution < -0.4 is 0 Å². The summed E-state index contributed by atoms with van der Waals surface area (Å²) in [6.45, 7) is 0. The highest BCUT2D eigenvalue weighted by Gasteiger charge is 2.13. The second kappa shape index (κ2) is 10.6. The monoisotopic (exact) mass is 495 g/mol. The summed E-state index contributed by atoms with van der Waals surface area (Å²) < 4.78 is 1.89. The van der Waals surface area contributed by atoms with Crippen molar-refractivity contribution in [1.82, 2.24) is 24.7 Å². The van der Waals surface area contributed by atoms with Gasteiger partial charge >= 0.3 is 0 Å². The van der Waals surface area contributed by atoms with Crippen molar-refractivity contribution in [3.63, 3.8) is 0 Å². The molecule has 2 aromatic carbocycles. The van der Waals surface area contributed by atoms with Crippen molar-refractivity contribution in [1.29, 1.82) is 10.5 Å². The Labute approximate surface area is 208 Å². The molecule has 0 radical (unpaired) electrons. The number of fused-ring (bicyclic) bond motifs is 1. The third-order valence-electron chi connectivity index (χ3n) is 4.91. The molecule has 3 aromatic heterocycles. The van der Waals surface area contributed by atoms with E-state index in [1.165, 1.54) is 0 Å². The van der Waals surface area contributed by atoms with Crippen LogP contribution in [0.25, 0.3) is 39.2 Å². The normalized spacial score (nSPS) is 9.64. The standard InChI is InChI=1S/C23H13N7.3ClH/c24-10-15-1-4-17(5-2-15)23-19(13-28-29-23)18-6-7-20-21(9-18)30(14-27-20)22-8-3-16(11-25)12-26-22;;;/h1-9,12-14H,(H,28,29);3*1H. The first kappa shape index (κ1) is 25.4. The molecule has 5 aromatic rings. The van der Waals surface area contributed by atoms with Crippen LogP contribution >= 0.6 is 37.2 Å². The highest BCUT2D eigenvalue weighted by atomic mass is 35.5. The maximum atomic E-state index is 9.02. The Balaban J connectivity index is 0.00000128. The minimum atomic E-state index is 0. The number of rotatable bonds is 3. The lowest BCUT2D eigenvalue weighted by Crippen LogP contribution is -1.96. The molecule has 5 rings (SSSR count). The van der Waals surface area contributed by atoms with Crippen LogP contribution in [0.1, 0.15) is 11.1 Å². The Kier molecular flexibility index (Phi) is 8.17. The topological polar surface area (TPSA) is 107 Å². The number of aromatic nitrogens is 5. The molecule has 0 aliphatic rings. The molecule has 0 aliphatic carbocycles. The number of benzene rings is 2. The second-order valence-corrected chi connectivity index (χ2v) is 6.67. The van der Waals surface area contributed by atoms with Gasteiger partial charge in [-0.2, -0.15) is 15.6 Å². The zero-order chi connectivity index (χ0) is 20.5. The Hall–Kier alpha value is -3.88. The third-order valence-corrected chi connectivity index (χ3v) is 4.91. The van der Waals surface area contributed by atoms with E-state index in [-0.39, 0.29) is 37.2 Å². The number of hydrogen-bond acceptors (Lipinski definition) is 5. The van der Waals surface area contributed by atoms with E-state index in [9.17, 15) is 0 Å². The number of hydrogen-bond donors (Lipinski definition) is 1. The molecular formula is C23H16Cl3N7. The van der Waals surface area contributed by atoms with Gasteiger partial charge in [-0.25, -0.2) is 9.97 Å². The quantitative estimate of drug-likeness (QED) is 0.355. The van der Waals surface area contributed by atoms with Crippen LogP contribution in [-0.4, -0.2) is 24.7 Å². The summed E-state index contributed by atoms with van der Waals surface area (Å²) in [6, 6.07) is 21.1. The lowest BCUT2D eigenvalue weighted by atomic mass is 10.0. The van der Waals surface area contributed by atoms with Crippen LogP contribution in [0.5, 0.6) is 0 Å². The predicted molar refractivity (Wildman–Crippen MR) is 133 cm³/mol. The second-order valence-electron chi connectivity index (χ2n) is 6.67. The molecule has 3 heterocycles. The van der Waals surface area contributed by atoms with Crippen molar-refractivity contribution in [3.8, 4) is 40.3 Å². The molecule has 0 unspecified atom stereocenters. The molecule has 0 bridgehead atoms. The maximum Gasteiger partial charge on any atom is 0.138 e. The zero-order valence-corrected chi connectivity index (χ0v) is 19.3. The molecule has 0 aliphatic heterocycles. The van der Waals surface area contributed by atoms with Crippen LogP contribution in [0.2, 0.25) is 0 Å². The van der Waals surface area contributed by atoms with Gasteiger partial charge < -0.3 is 0 Å². The van der Waals surface area contributed by atoms with Crippen LogP contribution in [0.15, 0.2) is 73.3 Å². The summed E-state index contributed by atoms with van der Waals surface area (Å²) in [5.74, 6) is 0.688. The summed E-state index contributed by atoms with van der Waals surface area (Å²) in [5.41, 5.74) is 6.51. The van der Waals surface area contributed by atoms with Crippen molar-refractivity contribution in [3.05, 3.63) is 84.4 Å². The van der Waals surface area contributed by atoms with E-state index in [4.69, 9.17) is 10.5 Å². The molecule has 0 spiro atoms. The molecule has 164 valence electrons. The van der Waals surface area contributed by atoms with Crippen LogP contribution in [0, 0.1) is 22.7 Å². The number of H-pyrrole nitrogens is 1. The van der Waals surface area contributed by atoms with Gasteiger partial charge in [-0.3, -0.25) is 9.67 Å². The van der Waals surface area contributed by atoms with Crippen molar-refractivity contribution in [2.24, 2.45) is 0 Å². The van der Waals surface area contributed by atoms with E-state index in [2.05, 4.69) is 32.3 Å². The molecule has 0 fully saturated rings. The lowest BCUT2D eigenvalue weighted by Gasteiger charge is -2.06. The van der Waals surface area contributed by atoms with E-state index in [1.807, 2.05) is 41.1 Å². The van der Waals surface area contributed by atoms with E-state index >= 15 is 0 Å².